The van der Waals surface area contributed by atoms with E-state index >= 15 is 0 Å². The van der Waals surface area contributed by atoms with Gasteiger partial charge in [0.2, 0.25) is 0 Å². The fourth-order valence-electron chi connectivity index (χ4n) is 2.89. The van der Waals surface area contributed by atoms with Crippen molar-refractivity contribution in [3.05, 3.63) is 30.6 Å². The van der Waals surface area contributed by atoms with Gasteiger partial charge in [0.25, 0.3) is 0 Å². The maximum Gasteiger partial charge on any atom is 0.329 e. The molecule has 0 aliphatic carbocycles. The third kappa shape index (κ3) is 1.90. The Morgan fingerprint density at radius 3 is 2.90 bits per heavy atom. The zero-order valence-corrected chi connectivity index (χ0v) is 11.4. The van der Waals surface area contributed by atoms with Gasteiger partial charge in [-0.3, -0.25) is 0 Å². The van der Waals surface area contributed by atoms with E-state index in [0.29, 0.717) is 13.0 Å². The SMILES string of the molecule is CC1(C(=O)O)CCCCN1c1ncnc2ccccc12. The molecule has 1 aliphatic heterocycles. The summed E-state index contributed by atoms with van der Waals surface area (Å²) in [5.74, 6) is -0.0694. The summed E-state index contributed by atoms with van der Waals surface area (Å²) in [6.45, 7) is 2.50. The molecule has 5 heteroatoms. The van der Waals surface area contributed by atoms with E-state index in [0.717, 1.165) is 29.6 Å². The summed E-state index contributed by atoms with van der Waals surface area (Å²) >= 11 is 0. The highest BCUT2D eigenvalue weighted by atomic mass is 16.4. The van der Waals surface area contributed by atoms with Crippen LogP contribution in [0.2, 0.25) is 0 Å². The van der Waals surface area contributed by atoms with Crippen molar-refractivity contribution in [2.75, 3.05) is 11.4 Å². The zero-order valence-electron chi connectivity index (χ0n) is 11.4. The summed E-state index contributed by atoms with van der Waals surface area (Å²) in [5, 5.41) is 10.5. The molecule has 104 valence electrons. The van der Waals surface area contributed by atoms with Gasteiger partial charge in [-0.25, -0.2) is 14.8 Å². The molecule has 1 aliphatic rings. The van der Waals surface area contributed by atoms with E-state index in [1.54, 1.807) is 6.92 Å². The molecule has 3 rings (SSSR count). The number of nitrogens with zero attached hydrogens (tertiary/aromatic N) is 3. The molecule has 5 nitrogen and oxygen atoms in total. The van der Waals surface area contributed by atoms with Crippen molar-refractivity contribution in [1.82, 2.24) is 9.97 Å². The standard InChI is InChI=1S/C15H17N3O2/c1-15(14(19)20)8-4-5-9-18(15)13-11-6-2-3-7-12(11)16-10-17-13/h2-3,6-7,10H,4-5,8-9H2,1H3,(H,19,20). The Hall–Kier alpha value is -2.17. The molecule has 0 saturated carbocycles. The zero-order chi connectivity index (χ0) is 14.2. The maximum atomic E-state index is 11.7. The minimum absolute atomic E-state index is 0.640. The largest absolute Gasteiger partial charge is 0.480 e. The lowest BCUT2D eigenvalue weighted by Crippen LogP contribution is -2.55. The molecular weight excluding hydrogens is 254 g/mol. The number of aromatic nitrogens is 2. The summed E-state index contributed by atoms with van der Waals surface area (Å²) in [7, 11) is 0. The molecule has 1 saturated heterocycles. The molecule has 2 aromatic rings. The first-order valence-electron chi connectivity index (χ1n) is 6.84. The highest BCUT2D eigenvalue weighted by Crippen LogP contribution is 2.35. The molecule has 1 unspecified atom stereocenters. The van der Waals surface area contributed by atoms with Crippen LogP contribution in [0.5, 0.6) is 0 Å². The summed E-state index contributed by atoms with van der Waals surface area (Å²) in [5.41, 5.74) is -0.0501. The average molecular weight is 271 g/mol. The molecule has 20 heavy (non-hydrogen) atoms. The lowest BCUT2D eigenvalue weighted by molar-refractivity contribution is -0.143. The van der Waals surface area contributed by atoms with Crippen LogP contribution in [0.15, 0.2) is 30.6 Å². The van der Waals surface area contributed by atoms with Crippen LogP contribution in [-0.4, -0.2) is 33.1 Å². The molecule has 1 atom stereocenters. The van der Waals surface area contributed by atoms with Crippen LogP contribution in [0.3, 0.4) is 0 Å². The third-order valence-electron chi connectivity index (χ3n) is 4.13. The number of hydrogen-bond donors (Lipinski definition) is 1. The van der Waals surface area contributed by atoms with Crippen molar-refractivity contribution in [3.8, 4) is 0 Å². The van der Waals surface area contributed by atoms with Gasteiger partial charge in [0, 0.05) is 11.9 Å². The molecule has 0 bridgehead atoms. The van der Waals surface area contributed by atoms with E-state index in [1.807, 2.05) is 29.2 Å². The van der Waals surface area contributed by atoms with Gasteiger partial charge >= 0.3 is 5.97 Å². The number of benzene rings is 1. The molecular formula is C15H17N3O2. The molecule has 1 aromatic carbocycles. The third-order valence-corrected chi connectivity index (χ3v) is 4.13. The smallest absolute Gasteiger partial charge is 0.329 e. The van der Waals surface area contributed by atoms with Crippen molar-refractivity contribution < 1.29 is 9.90 Å². The van der Waals surface area contributed by atoms with Gasteiger partial charge < -0.3 is 10.0 Å². The van der Waals surface area contributed by atoms with Crippen LogP contribution >= 0.6 is 0 Å². The Morgan fingerprint density at radius 1 is 1.30 bits per heavy atom. The molecule has 0 spiro atoms. The lowest BCUT2D eigenvalue weighted by Gasteiger charge is -2.42. The number of carbonyl (C=O) groups is 1. The van der Waals surface area contributed by atoms with Crippen LogP contribution in [0.4, 0.5) is 5.82 Å². The predicted molar refractivity (Wildman–Crippen MR) is 76.8 cm³/mol. The molecule has 1 fully saturated rings. The van der Waals surface area contributed by atoms with Crippen molar-refractivity contribution >= 4 is 22.7 Å². The Kier molecular flexibility index (Phi) is 3.04. The molecule has 1 aromatic heterocycles. The van der Waals surface area contributed by atoms with E-state index in [-0.39, 0.29) is 0 Å². The second-order valence-corrected chi connectivity index (χ2v) is 5.40. The van der Waals surface area contributed by atoms with Crippen LogP contribution in [-0.2, 0) is 4.79 Å². The quantitative estimate of drug-likeness (QED) is 0.908. The van der Waals surface area contributed by atoms with Gasteiger partial charge in [-0.2, -0.15) is 0 Å². The van der Waals surface area contributed by atoms with E-state index in [9.17, 15) is 9.90 Å². The minimum atomic E-state index is -0.893. The lowest BCUT2D eigenvalue weighted by atomic mass is 9.88. The minimum Gasteiger partial charge on any atom is -0.480 e. The van der Waals surface area contributed by atoms with Gasteiger partial charge in [-0.15, -0.1) is 0 Å². The fourth-order valence-corrected chi connectivity index (χ4v) is 2.89. The Labute approximate surface area is 117 Å². The molecule has 2 heterocycles. The van der Waals surface area contributed by atoms with E-state index in [1.165, 1.54) is 6.33 Å². The Bertz CT molecular complexity index is 653. The maximum absolute atomic E-state index is 11.7. The van der Waals surface area contributed by atoms with E-state index < -0.39 is 11.5 Å². The monoisotopic (exact) mass is 271 g/mol. The number of hydrogen-bond acceptors (Lipinski definition) is 4. The van der Waals surface area contributed by atoms with Crippen LogP contribution < -0.4 is 4.90 Å². The summed E-state index contributed by atoms with van der Waals surface area (Å²) in [4.78, 5) is 22.2. The fraction of sp³-hybridized carbons (Fsp3) is 0.400. The van der Waals surface area contributed by atoms with Gasteiger partial charge in [-0.1, -0.05) is 12.1 Å². The number of para-hydroxylation sites is 1. The number of carboxylic acid groups (broad SMARTS) is 1. The molecule has 1 N–H and O–H groups in total. The first kappa shape index (κ1) is 12.8. The normalized spacial score (nSPS) is 22.9. The van der Waals surface area contributed by atoms with Crippen LogP contribution in [0.1, 0.15) is 26.2 Å². The van der Waals surface area contributed by atoms with Crippen LogP contribution in [0, 0.1) is 0 Å². The van der Waals surface area contributed by atoms with Crippen molar-refractivity contribution in [3.63, 3.8) is 0 Å². The summed E-state index contributed by atoms with van der Waals surface area (Å²) in [6.07, 6.45) is 4.07. The highest BCUT2D eigenvalue weighted by Gasteiger charge is 2.42. The number of fused-ring (bicyclic) bond motifs is 1. The first-order chi connectivity index (χ1) is 9.63. The van der Waals surface area contributed by atoms with E-state index in [2.05, 4.69) is 9.97 Å². The summed E-state index contributed by atoms with van der Waals surface area (Å²) < 4.78 is 0. The van der Waals surface area contributed by atoms with Crippen molar-refractivity contribution in [2.24, 2.45) is 0 Å². The molecule has 0 amide bonds. The van der Waals surface area contributed by atoms with Crippen molar-refractivity contribution in [2.45, 2.75) is 31.7 Å². The Morgan fingerprint density at radius 2 is 2.10 bits per heavy atom. The average Bonchev–Trinajstić information content (AvgIpc) is 2.47. The van der Waals surface area contributed by atoms with E-state index in [4.69, 9.17) is 0 Å². The topological polar surface area (TPSA) is 66.3 Å². The predicted octanol–water partition coefficient (Wildman–Crippen LogP) is 2.46. The number of piperidine rings is 1. The molecule has 0 radical (unpaired) electrons. The second kappa shape index (κ2) is 4.74. The number of aliphatic carboxylic acids is 1. The number of anilines is 1. The van der Waals surface area contributed by atoms with Gasteiger partial charge in [0.05, 0.1) is 5.52 Å². The Balaban J connectivity index is 2.16. The van der Waals surface area contributed by atoms with Crippen molar-refractivity contribution in [1.29, 1.82) is 0 Å². The van der Waals surface area contributed by atoms with Crippen LogP contribution in [0.25, 0.3) is 10.9 Å². The summed E-state index contributed by atoms with van der Waals surface area (Å²) in [6, 6.07) is 7.72. The van der Waals surface area contributed by atoms with Gasteiger partial charge in [0.15, 0.2) is 0 Å². The second-order valence-electron chi connectivity index (χ2n) is 5.40. The van der Waals surface area contributed by atoms with Gasteiger partial charge in [0.1, 0.15) is 17.7 Å². The highest BCUT2D eigenvalue weighted by molar-refractivity contribution is 5.92. The number of rotatable bonds is 2. The first-order valence-corrected chi connectivity index (χ1v) is 6.84. The van der Waals surface area contributed by atoms with Gasteiger partial charge in [-0.05, 0) is 38.3 Å². The number of carboxylic acids is 1.